The Hall–Kier alpha value is -3.02. The van der Waals surface area contributed by atoms with Crippen LogP contribution in [0.25, 0.3) is 0 Å². The second kappa shape index (κ2) is 7.04. The molecular weight excluding hydrogens is 312 g/mol. The van der Waals surface area contributed by atoms with Crippen molar-refractivity contribution in [2.45, 2.75) is 6.54 Å². The van der Waals surface area contributed by atoms with Crippen LogP contribution < -0.4 is 9.64 Å². The van der Waals surface area contributed by atoms with E-state index in [0.29, 0.717) is 12.4 Å². The number of hydrogen-bond acceptors (Lipinski definition) is 4. The highest BCUT2D eigenvalue weighted by Gasteiger charge is 2.10. The minimum absolute atomic E-state index is 0.0910. The molecule has 0 amide bonds. The van der Waals surface area contributed by atoms with E-state index in [1.54, 1.807) is 6.07 Å². The Kier molecular flexibility index (Phi) is 4.65. The van der Waals surface area contributed by atoms with Gasteiger partial charge in [0.15, 0.2) is 11.6 Å². The Morgan fingerprint density at radius 1 is 1.00 bits per heavy atom. The zero-order valence-electron chi connectivity index (χ0n) is 13.0. The zero-order chi connectivity index (χ0) is 16.9. The Bertz CT molecular complexity index is 828. The molecule has 0 fully saturated rings. The molecule has 6 heteroatoms. The van der Waals surface area contributed by atoms with Crippen molar-refractivity contribution in [2.75, 3.05) is 11.9 Å². The van der Waals surface area contributed by atoms with Crippen LogP contribution >= 0.6 is 0 Å². The number of rotatable bonds is 5. The molecule has 122 valence electrons. The van der Waals surface area contributed by atoms with Crippen LogP contribution in [0.5, 0.6) is 11.6 Å². The first-order valence-electron chi connectivity index (χ1n) is 7.32. The molecule has 0 atom stereocenters. The molecular formula is C18H15F2N3O. The van der Waals surface area contributed by atoms with Crippen LogP contribution in [-0.4, -0.2) is 17.0 Å². The van der Waals surface area contributed by atoms with Crippen molar-refractivity contribution in [3.05, 3.63) is 78.1 Å². The standard InChI is InChI=1S/C18H15F2N3O/c1-23(11-13-5-3-2-4-6-13)17-10-18(22-12-21-17)24-16-8-7-14(19)9-15(16)20/h2-10,12H,11H2,1H3. The molecule has 0 unspecified atom stereocenters. The highest BCUT2D eigenvalue weighted by atomic mass is 19.1. The summed E-state index contributed by atoms with van der Waals surface area (Å²) >= 11 is 0. The SMILES string of the molecule is CN(Cc1ccccc1)c1cc(Oc2ccc(F)cc2F)ncn1. The number of benzene rings is 2. The lowest BCUT2D eigenvalue weighted by Gasteiger charge is -2.18. The van der Waals surface area contributed by atoms with E-state index < -0.39 is 11.6 Å². The number of aromatic nitrogens is 2. The molecule has 0 radical (unpaired) electrons. The molecule has 4 nitrogen and oxygen atoms in total. The van der Waals surface area contributed by atoms with E-state index in [1.165, 1.54) is 12.4 Å². The minimum atomic E-state index is -0.784. The summed E-state index contributed by atoms with van der Waals surface area (Å²) < 4.78 is 32.0. The monoisotopic (exact) mass is 327 g/mol. The fourth-order valence-electron chi connectivity index (χ4n) is 2.20. The fourth-order valence-corrected chi connectivity index (χ4v) is 2.20. The van der Waals surface area contributed by atoms with Gasteiger partial charge in [0.05, 0.1) is 0 Å². The molecule has 3 rings (SSSR count). The molecule has 2 aromatic carbocycles. The normalized spacial score (nSPS) is 10.5. The van der Waals surface area contributed by atoms with Crippen LogP contribution in [0.15, 0.2) is 60.9 Å². The summed E-state index contributed by atoms with van der Waals surface area (Å²) in [5.74, 6) is -0.720. The molecule has 3 aromatic rings. The predicted molar refractivity (Wildman–Crippen MR) is 87.0 cm³/mol. The van der Waals surface area contributed by atoms with Gasteiger partial charge in [0.25, 0.3) is 0 Å². The molecule has 0 bridgehead atoms. The van der Waals surface area contributed by atoms with Crippen LogP contribution in [0.4, 0.5) is 14.6 Å². The summed E-state index contributed by atoms with van der Waals surface area (Å²) in [6, 6.07) is 14.6. The van der Waals surface area contributed by atoms with E-state index in [0.717, 1.165) is 17.7 Å². The third-order valence-corrected chi connectivity index (χ3v) is 3.39. The van der Waals surface area contributed by atoms with Gasteiger partial charge in [-0.3, -0.25) is 0 Å². The van der Waals surface area contributed by atoms with Gasteiger partial charge in [0.1, 0.15) is 18.0 Å². The summed E-state index contributed by atoms with van der Waals surface area (Å²) in [7, 11) is 1.89. The number of ether oxygens (including phenoxy) is 1. The van der Waals surface area contributed by atoms with E-state index in [-0.39, 0.29) is 11.6 Å². The summed E-state index contributed by atoms with van der Waals surface area (Å²) in [4.78, 5) is 10.1. The summed E-state index contributed by atoms with van der Waals surface area (Å²) in [6.45, 7) is 0.655. The topological polar surface area (TPSA) is 38.2 Å². The Balaban J connectivity index is 1.76. The van der Waals surface area contributed by atoms with Crippen molar-refractivity contribution < 1.29 is 13.5 Å². The molecule has 0 saturated heterocycles. The molecule has 0 aliphatic heterocycles. The summed E-state index contributed by atoms with van der Waals surface area (Å²) in [5, 5.41) is 0. The second-order valence-electron chi connectivity index (χ2n) is 5.23. The Morgan fingerprint density at radius 2 is 1.79 bits per heavy atom. The number of halogens is 2. The molecule has 0 N–H and O–H groups in total. The largest absolute Gasteiger partial charge is 0.436 e. The van der Waals surface area contributed by atoms with Gasteiger partial charge in [-0.05, 0) is 17.7 Å². The lowest BCUT2D eigenvalue weighted by atomic mass is 10.2. The number of nitrogens with zero attached hydrogens (tertiary/aromatic N) is 3. The maximum atomic E-state index is 13.7. The molecule has 0 saturated carbocycles. The van der Waals surface area contributed by atoms with E-state index in [1.807, 2.05) is 42.3 Å². The Morgan fingerprint density at radius 3 is 2.54 bits per heavy atom. The first-order chi connectivity index (χ1) is 11.6. The molecule has 0 aliphatic carbocycles. The van der Waals surface area contributed by atoms with Crippen molar-refractivity contribution >= 4 is 5.82 Å². The van der Waals surface area contributed by atoms with Crippen molar-refractivity contribution in [1.29, 1.82) is 0 Å². The predicted octanol–water partition coefficient (Wildman–Crippen LogP) is 4.18. The maximum absolute atomic E-state index is 13.7. The van der Waals surface area contributed by atoms with Crippen molar-refractivity contribution in [1.82, 2.24) is 9.97 Å². The van der Waals surface area contributed by atoms with Gasteiger partial charge in [0.2, 0.25) is 5.88 Å². The highest BCUT2D eigenvalue weighted by Crippen LogP contribution is 2.25. The van der Waals surface area contributed by atoms with Gasteiger partial charge in [-0.2, -0.15) is 0 Å². The van der Waals surface area contributed by atoms with Crippen LogP contribution in [0, 0.1) is 11.6 Å². The van der Waals surface area contributed by atoms with Crippen LogP contribution in [-0.2, 0) is 6.54 Å². The fraction of sp³-hybridized carbons (Fsp3) is 0.111. The molecule has 1 aromatic heterocycles. The quantitative estimate of drug-likeness (QED) is 0.704. The minimum Gasteiger partial charge on any atom is -0.436 e. The van der Waals surface area contributed by atoms with E-state index in [2.05, 4.69) is 9.97 Å². The van der Waals surface area contributed by atoms with Gasteiger partial charge >= 0.3 is 0 Å². The van der Waals surface area contributed by atoms with Gasteiger partial charge < -0.3 is 9.64 Å². The lowest BCUT2D eigenvalue weighted by Crippen LogP contribution is -2.17. The van der Waals surface area contributed by atoms with Gasteiger partial charge in [0, 0.05) is 25.7 Å². The first kappa shape index (κ1) is 15.9. The first-order valence-corrected chi connectivity index (χ1v) is 7.32. The lowest BCUT2D eigenvalue weighted by molar-refractivity contribution is 0.422. The Labute approximate surface area is 138 Å². The van der Waals surface area contributed by atoms with Crippen LogP contribution in [0.1, 0.15) is 5.56 Å². The van der Waals surface area contributed by atoms with E-state index in [4.69, 9.17) is 4.74 Å². The van der Waals surface area contributed by atoms with Gasteiger partial charge in [-0.1, -0.05) is 30.3 Å². The number of hydrogen-bond donors (Lipinski definition) is 0. The molecule has 24 heavy (non-hydrogen) atoms. The average molecular weight is 327 g/mol. The van der Waals surface area contributed by atoms with Crippen LogP contribution in [0.3, 0.4) is 0 Å². The van der Waals surface area contributed by atoms with Crippen LogP contribution in [0.2, 0.25) is 0 Å². The third kappa shape index (κ3) is 3.84. The zero-order valence-corrected chi connectivity index (χ0v) is 13.0. The smallest absolute Gasteiger partial charge is 0.224 e. The maximum Gasteiger partial charge on any atom is 0.224 e. The summed E-state index contributed by atoms with van der Waals surface area (Å²) in [5.41, 5.74) is 1.13. The molecule has 0 spiro atoms. The average Bonchev–Trinajstić information content (AvgIpc) is 2.59. The van der Waals surface area contributed by atoms with Crippen molar-refractivity contribution in [3.63, 3.8) is 0 Å². The second-order valence-corrected chi connectivity index (χ2v) is 5.23. The van der Waals surface area contributed by atoms with Gasteiger partial charge in [-0.15, -0.1) is 0 Å². The third-order valence-electron chi connectivity index (χ3n) is 3.39. The van der Waals surface area contributed by atoms with Crippen molar-refractivity contribution in [2.24, 2.45) is 0 Å². The molecule has 1 heterocycles. The van der Waals surface area contributed by atoms with E-state index >= 15 is 0 Å². The summed E-state index contributed by atoms with van der Waals surface area (Å²) in [6.07, 6.45) is 1.34. The highest BCUT2D eigenvalue weighted by molar-refractivity contribution is 5.42. The van der Waals surface area contributed by atoms with Gasteiger partial charge in [-0.25, -0.2) is 18.7 Å². The molecule has 0 aliphatic rings. The number of anilines is 1. The van der Waals surface area contributed by atoms with Crippen molar-refractivity contribution in [3.8, 4) is 11.6 Å². The van der Waals surface area contributed by atoms with E-state index in [9.17, 15) is 8.78 Å².